The number of nitrogens with one attached hydrogen (secondary N) is 2. The second kappa shape index (κ2) is 7.59. The second-order valence-electron chi connectivity index (χ2n) is 4.40. The molecule has 0 bridgehead atoms. The number of hydrogen-bond donors (Lipinski definition) is 5. The van der Waals surface area contributed by atoms with E-state index in [1.165, 1.54) is 13.8 Å². The Balaban J connectivity index is 4.36. The molecule has 0 heterocycles. The van der Waals surface area contributed by atoms with Crippen molar-refractivity contribution >= 4 is 19.4 Å². The van der Waals surface area contributed by atoms with Crippen molar-refractivity contribution in [3.05, 3.63) is 0 Å². The molecule has 0 aliphatic carbocycles. The van der Waals surface area contributed by atoms with Crippen molar-refractivity contribution in [2.75, 3.05) is 0 Å². The van der Waals surface area contributed by atoms with Crippen molar-refractivity contribution in [1.82, 2.24) is 10.6 Å². The molecule has 0 saturated heterocycles. The van der Waals surface area contributed by atoms with Crippen LogP contribution in [0.1, 0.15) is 33.6 Å². The summed E-state index contributed by atoms with van der Waals surface area (Å²) < 4.78 is 10.9. The fourth-order valence-corrected chi connectivity index (χ4v) is 1.54. The molecule has 0 spiro atoms. The monoisotopic (exact) mass is 295 g/mol. The Kier molecular flexibility index (Phi) is 7.21. The summed E-state index contributed by atoms with van der Waals surface area (Å²) in [5.74, 6) is -2.44. The summed E-state index contributed by atoms with van der Waals surface area (Å²) in [7, 11) is -4.38. The lowest BCUT2D eigenvalue weighted by Gasteiger charge is -2.20. The van der Waals surface area contributed by atoms with Crippen LogP contribution >= 0.6 is 7.60 Å². The molecular weight excluding hydrogens is 273 g/mol. The van der Waals surface area contributed by atoms with Gasteiger partial charge in [0.1, 0.15) is 11.8 Å². The Morgan fingerprint density at radius 3 is 2.16 bits per heavy atom. The van der Waals surface area contributed by atoms with Crippen LogP contribution in [0.2, 0.25) is 0 Å². The summed E-state index contributed by atoms with van der Waals surface area (Å²) in [5.41, 5.74) is 5.58. The second-order valence-corrected chi connectivity index (χ2v) is 6.35. The molecule has 2 amide bonds. The van der Waals surface area contributed by atoms with Gasteiger partial charge in [0.15, 0.2) is 0 Å². The Bertz CT molecular complexity index is 370. The fourth-order valence-electron chi connectivity index (χ4n) is 1.24. The van der Waals surface area contributed by atoms with Crippen LogP contribution in [0.5, 0.6) is 0 Å². The van der Waals surface area contributed by atoms with Gasteiger partial charge in [0.05, 0.1) is 6.04 Å². The molecule has 3 atom stereocenters. The maximum atomic E-state index is 11.6. The fraction of sp³-hybridized carbons (Fsp3) is 0.800. The molecule has 0 aromatic rings. The first-order valence-corrected chi connectivity index (χ1v) is 7.69. The van der Waals surface area contributed by atoms with Crippen molar-refractivity contribution in [3.8, 4) is 0 Å². The zero-order chi connectivity index (χ0) is 15.2. The van der Waals surface area contributed by atoms with Crippen molar-refractivity contribution in [1.29, 1.82) is 0 Å². The first-order valence-electron chi connectivity index (χ1n) is 6.01. The van der Waals surface area contributed by atoms with E-state index >= 15 is 0 Å². The first-order chi connectivity index (χ1) is 8.59. The van der Waals surface area contributed by atoms with Crippen LogP contribution in [-0.2, 0) is 14.2 Å². The van der Waals surface area contributed by atoms with E-state index in [0.29, 0.717) is 6.42 Å². The lowest BCUT2D eigenvalue weighted by atomic mass is 10.1. The lowest BCUT2D eigenvalue weighted by molar-refractivity contribution is -0.129. The Morgan fingerprint density at radius 2 is 1.74 bits per heavy atom. The van der Waals surface area contributed by atoms with Crippen LogP contribution in [0.3, 0.4) is 0 Å². The first kappa shape index (κ1) is 18.0. The van der Waals surface area contributed by atoms with Crippen LogP contribution in [0.4, 0.5) is 0 Å². The molecule has 0 unspecified atom stereocenters. The average Bonchev–Trinajstić information content (AvgIpc) is 2.27. The van der Waals surface area contributed by atoms with Crippen LogP contribution in [0.15, 0.2) is 0 Å². The summed E-state index contributed by atoms with van der Waals surface area (Å²) in [6.07, 6.45) is 1.24. The van der Waals surface area contributed by atoms with E-state index in [1.807, 2.05) is 6.92 Å². The van der Waals surface area contributed by atoms with Gasteiger partial charge in [0, 0.05) is 0 Å². The van der Waals surface area contributed by atoms with Gasteiger partial charge in [-0.15, -0.1) is 0 Å². The van der Waals surface area contributed by atoms with Crippen LogP contribution in [-0.4, -0.2) is 39.5 Å². The third-order valence-electron chi connectivity index (χ3n) is 2.54. The number of rotatable bonds is 7. The minimum atomic E-state index is -4.38. The minimum Gasteiger partial charge on any atom is -0.343 e. The Labute approximate surface area is 112 Å². The van der Waals surface area contributed by atoms with Gasteiger partial charge in [-0.25, -0.2) is 0 Å². The third-order valence-corrected chi connectivity index (χ3v) is 3.68. The SMILES string of the molecule is CCC[C@H](N)C(=O)N[C@@H](C)C(=O)N[C@@H](C)P(=O)(O)O. The minimum absolute atomic E-state index is 0.465. The van der Waals surface area contributed by atoms with E-state index in [2.05, 4.69) is 10.6 Å². The average molecular weight is 295 g/mol. The molecule has 19 heavy (non-hydrogen) atoms. The highest BCUT2D eigenvalue weighted by atomic mass is 31.2. The maximum Gasteiger partial charge on any atom is 0.347 e. The van der Waals surface area contributed by atoms with Gasteiger partial charge in [0.2, 0.25) is 11.8 Å². The highest BCUT2D eigenvalue weighted by Crippen LogP contribution is 2.38. The zero-order valence-electron chi connectivity index (χ0n) is 11.3. The van der Waals surface area contributed by atoms with Gasteiger partial charge in [-0.05, 0) is 20.3 Å². The number of carbonyl (C=O) groups excluding carboxylic acids is 2. The molecule has 0 aliphatic rings. The van der Waals surface area contributed by atoms with Gasteiger partial charge in [-0.2, -0.15) is 0 Å². The van der Waals surface area contributed by atoms with Gasteiger partial charge in [-0.3, -0.25) is 14.2 Å². The third kappa shape index (κ3) is 6.68. The van der Waals surface area contributed by atoms with Crippen molar-refractivity contribution in [2.24, 2.45) is 5.73 Å². The van der Waals surface area contributed by atoms with Crippen LogP contribution in [0.25, 0.3) is 0 Å². The topological polar surface area (TPSA) is 142 Å². The standard InChI is InChI=1S/C10H22N3O5P/c1-4-5-8(11)10(15)12-6(2)9(14)13-7(3)19(16,17)18/h6-8H,4-5,11H2,1-3H3,(H,12,15)(H,13,14)(H2,16,17,18)/t6-,7+,8-/m0/s1. The predicted octanol–water partition coefficient (Wildman–Crippen LogP) is -0.742. The predicted molar refractivity (Wildman–Crippen MR) is 70.1 cm³/mol. The lowest BCUT2D eigenvalue weighted by Crippen LogP contribution is -2.51. The summed E-state index contributed by atoms with van der Waals surface area (Å²) in [5, 5.41) is 4.53. The largest absolute Gasteiger partial charge is 0.347 e. The molecule has 0 saturated carbocycles. The molecule has 0 radical (unpaired) electrons. The van der Waals surface area contributed by atoms with Gasteiger partial charge in [-0.1, -0.05) is 13.3 Å². The highest BCUT2D eigenvalue weighted by Gasteiger charge is 2.28. The molecule has 6 N–H and O–H groups in total. The summed E-state index contributed by atoms with van der Waals surface area (Å²) in [6, 6.07) is -1.61. The van der Waals surface area contributed by atoms with E-state index in [1.54, 1.807) is 0 Å². The Morgan fingerprint density at radius 1 is 1.21 bits per heavy atom. The van der Waals surface area contributed by atoms with Gasteiger partial charge < -0.3 is 26.2 Å². The maximum absolute atomic E-state index is 11.6. The summed E-state index contributed by atoms with van der Waals surface area (Å²) in [4.78, 5) is 40.9. The molecule has 0 fully saturated rings. The number of nitrogens with two attached hydrogens (primary N) is 1. The highest BCUT2D eigenvalue weighted by molar-refractivity contribution is 7.52. The van der Waals surface area contributed by atoms with Crippen molar-refractivity contribution < 1.29 is 23.9 Å². The number of carbonyl (C=O) groups is 2. The van der Waals surface area contributed by atoms with Crippen molar-refractivity contribution in [3.63, 3.8) is 0 Å². The quantitative estimate of drug-likeness (QED) is 0.391. The molecule has 8 nitrogen and oxygen atoms in total. The Hall–Kier alpha value is -0.950. The molecule has 0 aliphatic heterocycles. The summed E-state index contributed by atoms with van der Waals surface area (Å²) in [6.45, 7) is 4.49. The zero-order valence-corrected chi connectivity index (χ0v) is 12.2. The number of amides is 2. The van der Waals surface area contributed by atoms with Crippen LogP contribution < -0.4 is 16.4 Å². The molecule has 0 rings (SSSR count). The van der Waals surface area contributed by atoms with E-state index in [9.17, 15) is 14.2 Å². The molecular formula is C10H22N3O5P. The number of hydrogen-bond acceptors (Lipinski definition) is 4. The van der Waals surface area contributed by atoms with E-state index in [0.717, 1.165) is 6.42 Å². The van der Waals surface area contributed by atoms with Crippen molar-refractivity contribution in [2.45, 2.75) is 51.5 Å². The van der Waals surface area contributed by atoms with E-state index in [-0.39, 0.29) is 0 Å². The summed E-state index contributed by atoms with van der Waals surface area (Å²) >= 11 is 0. The molecule has 0 aromatic heterocycles. The van der Waals surface area contributed by atoms with Gasteiger partial charge >= 0.3 is 7.60 Å². The molecule has 9 heteroatoms. The van der Waals surface area contributed by atoms with Crippen LogP contribution in [0, 0.1) is 0 Å². The molecule has 0 aromatic carbocycles. The smallest absolute Gasteiger partial charge is 0.343 e. The van der Waals surface area contributed by atoms with Gasteiger partial charge in [0.25, 0.3) is 0 Å². The van der Waals surface area contributed by atoms with E-state index in [4.69, 9.17) is 15.5 Å². The normalized spacial score (nSPS) is 16.3. The van der Waals surface area contributed by atoms with E-state index < -0.39 is 37.3 Å². The molecule has 112 valence electrons.